The lowest BCUT2D eigenvalue weighted by molar-refractivity contribution is 0.953. The Morgan fingerprint density at radius 2 is 0.761 bits per heavy atom. The maximum absolute atomic E-state index is 5.41. The molecule has 0 bridgehead atoms. The number of hydrogen-bond acceptors (Lipinski definition) is 5. The van der Waals surface area contributed by atoms with Crippen LogP contribution < -0.4 is 0 Å². The molecule has 332 valence electrons. The zero-order valence-electron chi connectivity index (χ0n) is 38.4. The third-order valence-electron chi connectivity index (χ3n) is 13.3. The van der Waals surface area contributed by atoms with E-state index in [1.165, 1.54) is 0 Å². The zero-order chi connectivity index (χ0) is 47.1. The Bertz CT molecular complexity index is 4090. The zero-order valence-corrected chi connectivity index (χ0v) is 38.4. The Morgan fingerprint density at radius 3 is 1.49 bits per heavy atom. The summed E-state index contributed by atoms with van der Waals surface area (Å²) < 4.78 is 2.18. The van der Waals surface area contributed by atoms with Gasteiger partial charge in [-0.25, -0.2) is 15.0 Å². The number of nitrogens with zero attached hydrogens (tertiary/aromatic N) is 6. The van der Waals surface area contributed by atoms with Crippen molar-refractivity contribution in [1.29, 1.82) is 0 Å². The third-order valence-corrected chi connectivity index (χ3v) is 13.3. The van der Waals surface area contributed by atoms with Crippen molar-refractivity contribution >= 4 is 32.7 Å². The fourth-order valence-corrected chi connectivity index (χ4v) is 9.89. The van der Waals surface area contributed by atoms with Crippen molar-refractivity contribution in [2.75, 3.05) is 0 Å². The lowest BCUT2D eigenvalue weighted by Crippen LogP contribution is -2.06. The standard InChI is InChI=1S/C65H42N6/c1-5-20-43(21-6-1)47-28-19-29-49(40-47)56-42-50(36-38-52(56)51-30-13-14-32-54(51)64-66-58-34-17-15-33-55(58)61(67-64)45-24-9-3-10-25-45)63-68-62(46-26-11-4-12-27-46)69-65(70-63)71-59-35-18-16-31-53(59)57-41-48(37-39-60(57)71)44-22-7-2-8-23-44/h1-42H. The predicted molar refractivity (Wildman–Crippen MR) is 291 cm³/mol. The van der Waals surface area contributed by atoms with Gasteiger partial charge in [-0.05, 0) is 80.9 Å². The van der Waals surface area contributed by atoms with Crippen molar-refractivity contribution in [1.82, 2.24) is 29.5 Å². The average molecular weight is 907 g/mol. The monoisotopic (exact) mass is 906 g/mol. The number of aromatic nitrogens is 6. The summed E-state index contributed by atoms with van der Waals surface area (Å²) in [4.78, 5) is 26.5. The van der Waals surface area contributed by atoms with E-state index in [4.69, 9.17) is 24.9 Å². The van der Waals surface area contributed by atoms with Crippen LogP contribution in [0.2, 0.25) is 0 Å². The van der Waals surface area contributed by atoms with E-state index in [-0.39, 0.29) is 0 Å². The van der Waals surface area contributed by atoms with Crippen LogP contribution in [-0.2, 0) is 0 Å². The Hall–Kier alpha value is -9.65. The molecule has 0 radical (unpaired) electrons. The fourth-order valence-electron chi connectivity index (χ4n) is 9.89. The highest BCUT2D eigenvalue weighted by atomic mass is 15.2. The molecule has 0 saturated heterocycles. The molecule has 0 amide bonds. The van der Waals surface area contributed by atoms with E-state index < -0.39 is 0 Å². The van der Waals surface area contributed by atoms with Gasteiger partial charge in [0, 0.05) is 38.4 Å². The maximum atomic E-state index is 5.41. The summed E-state index contributed by atoms with van der Waals surface area (Å²) in [6, 6.07) is 88.8. The van der Waals surface area contributed by atoms with Gasteiger partial charge in [0.05, 0.1) is 22.2 Å². The normalized spacial score (nSPS) is 11.4. The summed E-state index contributed by atoms with van der Waals surface area (Å²) >= 11 is 0. The molecule has 0 spiro atoms. The Balaban J connectivity index is 1.03. The summed E-state index contributed by atoms with van der Waals surface area (Å²) in [5.74, 6) is 2.34. The van der Waals surface area contributed by atoms with E-state index in [2.05, 4.69) is 223 Å². The third kappa shape index (κ3) is 7.70. The van der Waals surface area contributed by atoms with E-state index in [9.17, 15) is 0 Å². The molecule has 0 N–H and O–H groups in total. The van der Waals surface area contributed by atoms with Crippen molar-refractivity contribution in [2.24, 2.45) is 0 Å². The van der Waals surface area contributed by atoms with Crippen LogP contribution in [0.5, 0.6) is 0 Å². The number of para-hydroxylation sites is 2. The average Bonchev–Trinajstić information content (AvgIpc) is 3.79. The summed E-state index contributed by atoms with van der Waals surface area (Å²) in [6.45, 7) is 0. The first-order valence-corrected chi connectivity index (χ1v) is 23.8. The SMILES string of the molecule is c1ccc(-c2cccc(-c3cc(-c4nc(-c5ccccc5)nc(-n5c6ccccc6c6cc(-c7ccccc7)ccc65)n4)ccc3-c3ccccc3-c3nc(-c4ccccc4)c4ccccc4n3)c2)cc1. The van der Waals surface area contributed by atoms with Crippen molar-refractivity contribution in [2.45, 2.75) is 0 Å². The number of hydrogen-bond donors (Lipinski definition) is 0. The van der Waals surface area contributed by atoms with E-state index in [0.29, 0.717) is 23.4 Å². The van der Waals surface area contributed by atoms with Crippen LogP contribution in [-0.4, -0.2) is 29.5 Å². The van der Waals surface area contributed by atoms with Crippen LogP contribution in [0, 0.1) is 0 Å². The van der Waals surface area contributed by atoms with Crippen LogP contribution in [0.3, 0.4) is 0 Å². The van der Waals surface area contributed by atoms with Crippen LogP contribution in [0.15, 0.2) is 255 Å². The number of fused-ring (bicyclic) bond motifs is 4. The quantitative estimate of drug-likeness (QED) is 0.144. The van der Waals surface area contributed by atoms with Crippen molar-refractivity contribution in [3.8, 4) is 95.9 Å². The van der Waals surface area contributed by atoms with Crippen LogP contribution >= 0.6 is 0 Å². The smallest absolute Gasteiger partial charge is 0.238 e. The van der Waals surface area contributed by atoms with E-state index in [1.54, 1.807) is 0 Å². The topological polar surface area (TPSA) is 69.4 Å². The van der Waals surface area contributed by atoms with Gasteiger partial charge in [-0.1, -0.05) is 218 Å². The lowest BCUT2D eigenvalue weighted by atomic mass is 9.89. The minimum Gasteiger partial charge on any atom is -0.278 e. The molecule has 3 heterocycles. The molecular formula is C65H42N6. The molecule has 0 unspecified atom stereocenters. The summed E-state index contributed by atoms with van der Waals surface area (Å²) in [5, 5.41) is 3.26. The molecule has 6 nitrogen and oxygen atoms in total. The Kier molecular flexibility index (Phi) is 10.4. The maximum Gasteiger partial charge on any atom is 0.238 e. The molecule has 71 heavy (non-hydrogen) atoms. The van der Waals surface area contributed by atoms with Gasteiger partial charge in [-0.15, -0.1) is 0 Å². The first kappa shape index (κ1) is 41.5. The van der Waals surface area contributed by atoms with Crippen molar-refractivity contribution in [3.63, 3.8) is 0 Å². The molecule has 0 aliphatic heterocycles. The minimum atomic E-state index is 0.539. The second-order valence-corrected chi connectivity index (χ2v) is 17.6. The molecule has 0 aliphatic rings. The molecule has 0 fully saturated rings. The molecule has 13 rings (SSSR count). The van der Waals surface area contributed by atoms with Crippen LogP contribution in [0.25, 0.3) is 129 Å². The van der Waals surface area contributed by atoms with Crippen molar-refractivity contribution < 1.29 is 0 Å². The van der Waals surface area contributed by atoms with E-state index in [1.807, 2.05) is 36.4 Å². The molecule has 0 saturated carbocycles. The molecule has 0 atom stereocenters. The lowest BCUT2D eigenvalue weighted by Gasteiger charge is -2.17. The van der Waals surface area contributed by atoms with Gasteiger partial charge in [0.15, 0.2) is 17.5 Å². The summed E-state index contributed by atoms with van der Waals surface area (Å²) in [7, 11) is 0. The predicted octanol–water partition coefficient (Wildman–Crippen LogP) is 16.2. The van der Waals surface area contributed by atoms with Crippen molar-refractivity contribution in [3.05, 3.63) is 255 Å². The Morgan fingerprint density at radius 1 is 0.239 bits per heavy atom. The van der Waals surface area contributed by atoms with Crippen LogP contribution in [0.4, 0.5) is 0 Å². The van der Waals surface area contributed by atoms with Gasteiger partial charge in [-0.2, -0.15) is 9.97 Å². The minimum absolute atomic E-state index is 0.539. The van der Waals surface area contributed by atoms with Gasteiger partial charge < -0.3 is 0 Å². The highest BCUT2D eigenvalue weighted by Gasteiger charge is 2.22. The molecule has 10 aromatic carbocycles. The highest BCUT2D eigenvalue weighted by Crippen LogP contribution is 2.42. The second-order valence-electron chi connectivity index (χ2n) is 17.6. The largest absolute Gasteiger partial charge is 0.278 e. The van der Waals surface area contributed by atoms with Crippen LogP contribution in [0.1, 0.15) is 0 Å². The Labute approximate surface area is 411 Å². The molecular weight excluding hydrogens is 865 g/mol. The van der Waals surface area contributed by atoms with E-state index in [0.717, 1.165) is 105 Å². The first-order valence-electron chi connectivity index (χ1n) is 23.8. The fraction of sp³-hybridized carbons (Fsp3) is 0. The van der Waals surface area contributed by atoms with Gasteiger partial charge in [0.2, 0.25) is 5.95 Å². The van der Waals surface area contributed by atoms with E-state index >= 15 is 0 Å². The van der Waals surface area contributed by atoms with Gasteiger partial charge in [0.25, 0.3) is 0 Å². The van der Waals surface area contributed by atoms with Gasteiger partial charge in [0.1, 0.15) is 0 Å². The molecule has 3 aromatic heterocycles. The van der Waals surface area contributed by atoms with Gasteiger partial charge in [-0.3, -0.25) is 4.57 Å². The van der Waals surface area contributed by atoms with Gasteiger partial charge >= 0.3 is 0 Å². The summed E-state index contributed by atoms with van der Waals surface area (Å²) in [5.41, 5.74) is 16.2. The second kappa shape index (κ2) is 17.8. The highest BCUT2D eigenvalue weighted by molar-refractivity contribution is 6.10. The molecule has 6 heteroatoms. The molecule has 0 aliphatic carbocycles. The number of benzene rings is 10. The summed E-state index contributed by atoms with van der Waals surface area (Å²) in [6.07, 6.45) is 0. The first-order chi connectivity index (χ1) is 35.2. The molecule has 13 aromatic rings. The number of rotatable bonds is 9.